The predicted molar refractivity (Wildman–Crippen MR) is 83.8 cm³/mol. The number of amides is 2. The van der Waals surface area contributed by atoms with Crippen LogP contribution in [0.5, 0.6) is 0 Å². The Bertz CT molecular complexity index is 733. The molecule has 1 aliphatic carbocycles. The van der Waals surface area contributed by atoms with Crippen LogP contribution >= 0.6 is 0 Å². The molecule has 134 valence electrons. The number of carbonyl (C=O) groups excluding carboxylic acids is 2. The molecule has 2 N–H and O–H groups in total. The van der Waals surface area contributed by atoms with E-state index in [0.717, 1.165) is 17.4 Å². The lowest BCUT2D eigenvalue weighted by Crippen LogP contribution is -2.56. The summed E-state index contributed by atoms with van der Waals surface area (Å²) < 4.78 is 26.9. The van der Waals surface area contributed by atoms with Gasteiger partial charge in [-0.3, -0.25) is 14.4 Å². The highest BCUT2D eigenvalue weighted by Crippen LogP contribution is 2.36. The summed E-state index contributed by atoms with van der Waals surface area (Å²) in [5, 5.41) is 11.8. The number of nitrogens with one attached hydrogen (secondary N) is 1. The molecule has 2 aliphatic rings. The molecule has 2 amide bonds. The normalized spacial score (nSPS) is 21.8. The number of carboxylic acids is 1. The van der Waals surface area contributed by atoms with Gasteiger partial charge in [-0.15, -0.1) is 0 Å². The zero-order valence-corrected chi connectivity index (χ0v) is 13.4. The maximum atomic E-state index is 13.9. The molecule has 0 aromatic heterocycles. The number of halogens is 2. The number of benzene rings is 1. The van der Waals surface area contributed by atoms with E-state index in [0.29, 0.717) is 18.9 Å². The molecule has 1 aromatic carbocycles. The second-order valence-electron chi connectivity index (χ2n) is 6.69. The molecule has 0 spiro atoms. The van der Waals surface area contributed by atoms with Gasteiger partial charge in [0.15, 0.2) is 0 Å². The van der Waals surface area contributed by atoms with Crippen molar-refractivity contribution in [3.05, 3.63) is 29.8 Å². The summed E-state index contributed by atoms with van der Waals surface area (Å²) in [6.07, 6.45) is 1.76. The van der Waals surface area contributed by atoms with Gasteiger partial charge in [-0.1, -0.05) is 0 Å². The summed E-state index contributed by atoms with van der Waals surface area (Å²) in [7, 11) is 0. The molecule has 2 fully saturated rings. The fourth-order valence-electron chi connectivity index (χ4n) is 3.42. The molecule has 1 saturated heterocycles. The fraction of sp³-hybridized carbons (Fsp3) is 0.471. The molecule has 3 rings (SSSR count). The van der Waals surface area contributed by atoms with Crippen LogP contribution in [-0.2, 0) is 14.4 Å². The van der Waals surface area contributed by atoms with E-state index in [4.69, 9.17) is 5.11 Å². The third-order valence-corrected chi connectivity index (χ3v) is 4.88. The zero-order chi connectivity index (χ0) is 18.2. The van der Waals surface area contributed by atoms with Gasteiger partial charge in [0.1, 0.15) is 11.6 Å². The molecule has 8 heteroatoms. The van der Waals surface area contributed by atoms with E-state index in [-0.39, 0.29) is 25.1 Å². The number of hydrogen-bond acceptors (Lipinski definition) is 3. The minimum absolute atomic E-state index is 0.0175. The third-order valence-electron chi connectivity index (χ3n) is 4.88. The summed E-state index contributed by atoms with van der Waals surface area (Å²) in [5.74, 6) is -4.12. The highest BCUT2D eigenvalue weighted by Gasteiger charge is 2.43. The number of nitrogens with zero attached hydrogens (tertiary/aromatic N) is 1. The van der Waals surface area contributed by atoms with Crippen LogP contribution in [-0.4, -0.2) is 35.0 Å². The Morgan fingerprint density at radius 3 is 2.60 bits per heavy atom. The van der Waals surface area contributed by atoms with E-state index < -0.39 is 40.9 Å². The Morgan fingerprint density at radius 2 is 2.04 bits per heavy atom. The first-order valence-corrected chi connectivity index (χ1v) is 8.09. The SMILES string of the molecule is O=C(O)CC1(NC(=O)C2CC(=O)N(c3ccc(F)cc3F)C2)CCC1. The number of carboxylic acid groups (broad SMARTS) is 1. The van der Waals surface area contributed by atoms with Crippen LogP contribution in [0, 0.1) is 17.6 Å². The van der Waals surface area contributed by atoms with Gasteiger partial charge in [0, 0.05) is 19.0 Å². The molecular weight excluding hydrogens is 334 g/mol. The van der Waals surface area contributed by atoms with Gasteiger partial charge in [-0.05, 0) is 31.4 Å². The highest BCUT2D eigenvalue weighted by atomic mass is 19.1. The second-order valence-corrected chi connectivity index (χ2v) is 6.69. The molecule has 0 radical (unpaired) electrons. The molecule has 1 unspecified atom stereocenters. The van der Waals surface area contributed by atoms with Crippen LogP contribution in [0.4, 0.5) is 14.5 Å². The minimum Gasteiger partial charge on any atom is -0.481 e. The molecule has 25 heavy (non-hydrogen) atoms. The summed E-state index contributed by atoms with van der Waals surface area (Å²) >= 11 is 0. The molecule has 1 atom stereocenters. The molecule has 1 saturated carbocycles. The first-order valence-electron chi connectivity index (χ1n) is 8.09. The highest BCUT2D eigenvalue weighted by molar-refractivity contribution is 6.00. The lowest BCUT2D eigenvalue weighted by atomic mass is 9.74. The first-order chi connectivity index (χ1) is 11.8. The molecule has 0 bridgehead atoms. The fourth-order valence-corrected chi connectivity index (χ4v) is 3.42. The second kappa shape index (κ2) is 6.42. The Hall–Kier alpha value is -2.51. The van der Waals surface area contributed by atoms with Gasteiger partial charge in [0.25, 0.3) is 0 Å². The lowest BCUT2D eigenvalue weighted by Gasteiger charge is -2.42. The Morgan fingerprint density at radius 1 is 1.32 bits per heavy atom. The van der Waals surface area contributed by atoms with Crippen molar-refractivity contribution in [2.75, 3.05) is 11.4 Å². The Kier molecular flexibility index (Phi) is 4.45. The van der Waals surface area contributed by atoms with Crippen LogP contribution in [0.3, 0.4) is 0 Å². The monoisotopic (exact) mass is 352 g/mol. The molecule has 1 heterocycles. The number of rotatable bonds is 5. The predicted octanol–water partition coefficient (Wildman–Crippen LogP) is 1.83. The maximum Gasteiger partial charge on any atom is 0.305 e. The van der Waals surface area contributed by atoms with E-state index in [1.165, 1.54) is 6.07 Å². The van der Waals surface area contributed by atoms with E-state index in [9.17, 15) is 23.2 Å². The van der Waals surface area contributed by atoms with Crippen molar-refractivity contribution in [2.45, 2.75) is 37.6 Å². The van der Waals surface area contributed by atoms with Crippen molar-refractivity contribution in [3.63, 3.8) is 0 Å². The van der Waals surface area contributed by atoms with Gasteiger partial charge in [-0.25, -0.2) is 8.78 Å². The summed E-state index contributed by atoms with van der Waals surface area (Å²) in [4.78, 5) is 36.7. The van der Waals surface area contributed by atoms with Gasteiger partial charge in [-0.2, -0.15) is 0 Å². The number of carbonyl (C=O) groups is 3. The van der Waals surface area contributed by atoms with Crippen molar-refractivity contribution in [3.8, 4) is 0 Å². The van der Waals surface area contributed by atoms with Crippen molar-refractivity contribution in [1.29, 1.82) is 0 Å². The van der Waals surface area contributed by atoms with Crippen LogP contribution < -0.4 is 10.2 Å². The van der Waals surface area contributed by atoms with Crippen LogP contribution in [0.25, 0.3) is 0 Å². The number of anilines is 1. The zero-order valence-electron chi connectivity index (χ0n) is 13.4. The molecular formula is C17H18F2N2O4. The topological polar surface area (TPSA) is 86.7 Å². The summed E-state index contributed by atoms with van der Waals surface area (Å²) in [6, 6.07) is 2.90. The number of hydrogen-bond donors (Lipinski definition) is 2. The van der Waals surface area contributed by atoms with E-state index in [1.807, 2.05) is 0 Å². The van der Waals surface area contributed by atoms with Crippen molar-refractivity contribution in [2.24, 2.45) is 5.92 Å². The number of aliphatic carboxylic acids is 1. The standard InChI is InChI=1S/C17H18F2N2O4/c18-11-2-3-13(12(19)7-11)21-9-10(6-14(21)22)16(25)20-17(4-1-5-17)8-15(23)24/h2-3,7,10H,1,4-6,8-9H2,(H,20,25)(H,23,24). The smallest absolute Gasteiger partial charge is 0.305 e. The summed E-state index contributed by atoms with van der Waals surface area (Å²) in [6.45, 7) is -0.0175. The molecule has 1 aliphatic heterocycles. The van der Waals surface area contributed by atoms with Crippen molar-refractivity contribution in [1.82, 2.24) is 5.32 Å². The van der Waals surface area contributed by atoms with Crippen molar-refractivity contribution < 1.29 is 28.3 Å². The van der Waals surface area contributed by atoms with Crippen molar-refractivity contribution >= 4 is 23.5 Å². The quantitative estimate of drug-likeness (QED) is 0.846. The molecule has 1 aromatic rings. The van der Waals surface area contributed by atoms with E-state index in [2.05, 4.69) is 5.32 Å². The third kappa shape index (κ3) is 3.47. The van der Waals surface area contributed by atoms with E-state index >= 15 is 0 Å². The van der Waals surface area contributed by atoms with Gasteiger partial charge in [0.2, 0.25) is 11.8 Å². The van der Waals surface area contributed by atoms with Gasteiger partial charge >= 0.3 is 5.97 Å². The van der Waals surface area contributed by atoms with E-state index in [1.54, 1.807) is 0 Å². The van der Waals surface area contributed by atoms with Gasteiger partial charge in [0.05, 0.1) is 23.6 Å². The van der Waals surface area contributed by atoms with Gasteiger partial charge < -0.3 is 15.3 Å². The largest absolute Gasteiger partial charge is 0.481 e. The average Bonchev–Trinajstić information content (AvgIpc) is 2.86. The molecule has 6 nitrogen and oxygen atoms in total. The Balaban J connectivity index is 1.69. The lowest BCUT2D eigenvalue weighted by molar-refractivity contribution is -0.141. The average molecular weight is 352 g/mol. The van der Waals surface area contributed by atoms with Crippen LogP contribution in [0.15, 0.2) is 18.2 Å². The maximum absolute atomic E-state index is 13.9. The first kappa shape index (κ1) is 17.3. The summed E-state index contributed by atoms with van der Waals surface area (Å²) in [5.41, 5.74) is -0.814. The van der Waals surface area contributed by atoms with Crippen LogP contribution in [0.2, 0.25) is 0 Å². The Labute approximate surface area is 142 Å². The minimum atomic E-state index is -0.988. The van der Waals surface area contributed by atoms with Crippen LogP contribution in [0.1, 0.15) is 32.1 Å².